The van der Waals surface area contributed by atoms with Crippen molar-refractivity contribution in [2.45, 2.75) is 5.16 Å². The molecule has 0 radical (unpaired) electrons. The standard InChI is InChI=1S/C20H15Br2N5OS2/c1-27-18(13-4-8-15(22)9-5-13)25-26-20(27)30-11-17(28)24-19-23-16(10-29-19)12-2-6-14(21)7-3-12/h2-10H,11H2,1H3,(H,23,24,28). The molecule has 4 rings (SSSR count). The Morgan fingerprint density at radius 2 is 1.67 bits per heavy atom. The summed E-state index contributed by atoms with van der Waals surface area (Å²) >= 11 is 9.60. The molecule has 0 unspecified atom stereocenters. The average Bonchev–Trinajstić information content (AvgIpc) is 3.34. The average molecular weight is 565 g/mol. The third-order valence-corrected chi connectivity index (χ3v) is 7.00. The van der Waals surface area contributed by atoms with E-state index in [-0.39, 0.29) is 11.7 Å². The molecule has 0 atom stereocenters. The molecule has 6 nitrogen and oxygen atoms in total. The third kappa shape index (κ3) is 5.00. The lowest BCUT2D eigenvalue weighted by molar-refractivity contribution is -0.113. The molecule has 4 aromatic rings. The molecular formula is C20H15Br2N5OS2. The number of amides is 1. The number of aromatic nitrogens is 4. The van der Waals surface area contributed by atoms with Gasteiger partial charge in [0.05, 0.1) is 11.4 Å². The lowest BCUT2D eigenvalue weighted by atomic mass is 10.2. The summed E-state index contributed by atoms with van der Waals surface area (Å²) in [4.78, 5) is 16.9. The van der Waals surface area contributed by atoms with Crippen LogP contribution in [0, 0.1) is 0 Å². The van der Waals surface area contributed by atoms with Gasteiger partial charge in [-0.3, -0.25) is 4.79 Å². The van der Waals surface area contributed by atoms with Crippen LogP contribution in [0.2, 0.25) is 0 Å². The predicted octanol–water partition coefficient (Wildman–Crippen LogP) is 5.86. The number of thioether (sulfide) groups is 1. The van der Waals surface area contributed by atoms with Crippen LogP contribution in [0.1, 0.15) is 0 Å². The highest BCUT2D eigenvalue weighted by Crippen LogP contribution is 2.27. The summed E-state index contributed by atoms with van der Waals surface area (Å²) in [5, 5.41) is 14.5. The van der Waals surface area contributed by atoms with Gasteiger partial charge in [0.25, 0.3) is 0 Å². The quantitative estimate of drug-likeness (QED) is 0.297. The SMILES string of the molecule is Cn1c(SCC(=O)Nc2nc(-c3ccc(Br)cc3)cs2)nnc1-c1ccc(Br)cc1. The van der Waals surface area contributed by atoms with E-state index in [1.165, 1.54) is 23.1 Å². The van der Waals surface area contributed by atoms with Crippen LogP contribution in [-0.4, -0.2) is 31.4 Å². The van der Waals surface area contributed by atoms with Crippen molar-refractivity contribution in [2.24, 2.45) is 7.05 Å². The van der Waals surface area contributed by atoms with E-state index < -0.39 is 0 Å². The van der Waals surface area contributed by atoms with Crippen molar-refractivity contribution in [2.75, 3.05) is 11.1 Å². The van der Waals surface area contributed by atoms with Crippen LogP contribution < -0.4 is 5.32 Å². The van der Waals surface area contributed by atoms with Gasteiger partial charge in [0.15, 0.2) is 16.1 Å². The minimum absolute atomic E-state index is 0.134. The molecule has 0 aliphatic carbocycles. The summed E-state index contributed by atoms with van der Waals surface area (Å²) in [5.41, 5.74) is 2.81. The molecule has 1 amide bonds. The van der Waals surface area contributed by atoms with Gasteiger partial charge >= 0.3 is 0 Å². The molecule has 0 spiro atoms. The highest BCUT2D eigenvalue weighted by atomic mass is 79.9. The summed E-state index contributed by atoms with van der Waals surface area (Å²) < 4.78 is 3.90. The van der Waals surface area contributed by atoms with Gasteiger partial charge in [-0.15, -0.1) is 21.5 Å². The minimum atomic E-state index is -0.134. The Balaban J connectivity index is 1.36. The van der Waals surface area contributed by atoms with Crippen molar-refractivity contribution < 1.29 is 4.79 Å². The fraction of sp³-hybridized carbons (Fsp3) is 0.100. The van der Waals surface area contributed by atoms with Crippen molar-refractivity contribution in [1.82, 2.24) is 19.7 Å². The first kappa shape index (κ1) is 21.2. The first-order chi connectivity index (χ1) is 14.5. The molecule has 2 heterocycles. The Labute approximate surface area is 198 Å². The topological polar surface area (TPSA) is 72.7 Å². The smallest absolute Gasteiger partial charge is 0.236 e. The highest BCUT2D eigenvalue weighted by Gasteiger charge is 2.14. The molecule has 0 bridgehead atoms. The highest BCUT2D eigenvalue weighted by molar-refractivity contribution is 9.10. The third-order valence-electron chi connectivity index (χ3n) is 4.16. The first-order valence-electron chi connectivity index (χ1n) is 8.79. The van der Waals surface area contributed by atoms with Crippen LogP contribution in [0.5, 0.6) is 0 Å². The van der Waals surface area contributed by atoms with E-state index in [9.17, 15) is 4.79 Å². The maximum absolute atomic E-state index is 12.4. The van der Waals surface area contributed by atoms with Crippen molar-refractivity contribution in [3.05, 3.63) is 62.9 Å². The molecule has 0 saturated carbocycles. The van der Waals surface area contributed by atoms with Crippen molar-refractivity contribution in [1.29, 1.82) is 0 Å². The van der Waals surface area contributed by atoms with Crippen LogP contribution in [0.3, 0.4) is 0 Å². The zero-order valence-corrected chi connectivity index (χ0v) is 20.5. The number of halogens is 2. The van der Waals surface area contributed by atoms with Gasteiger partial charge in [-0.1, -0.05) is 67.9 Å². The predicted molar refractivity (Wildman–Crippen MR) is 129 cm³/mol. The van der Waals surface area contributed by atoms with E-state index in [1.54, 1.807) is 0 Å². The van der Waals surface area contributed by atoms with Crippen LogP contribution in [-0.2, 0) is 11.8 Å². The number of hydrogen-bond acceptors (Lipinski definition) is 6. The van der Waals surface area contributed by atoms with Crippen molar-refractivity contribution >= 4 is 66.0 Å². The van der Waals surface area contributed by atoms with Crippen LogP contribution >= 0.6 is 55.0 Å². The molecule has 0 saturated heterocycles. The fourth-order valence-electron chi connectivity index (χ4n) is 2.66. The summed E-state index contributed by atoms with van der Waals surface area (Å²) in [6.07, 6.45) is 0. The van der Waals surface area contributed by atoms with E-state index in [0.29, 0.717) is 10.3 Å². The fourth-order valence-corrected chi connectivity index (χ4v) is 4.64. The second-order valence-electron chi connectivity index (χ2n) is 6.25. The normalized spacial score (nSPS) is 10.9. The lowest BCUT2D eigenvalue weighted by Gasteiger charge is -2.04. The van der Waals surface area contributed by atoms with Gasteiger partial charge in [0.2, 0.25) is 5.91 Å². The molecule has 2 aromatic carbocycles. The number of benzene rings is 2. The Kier molecular flexibility index (Phi) is 6.67. The monoisotopic (exact) mass is 563 g/mol. The van der Waals surface area contributed by atoms with E-state index in [0.717, 1.165) is 31.6 Å². The largest absolute Gasteiger partial charge is 0.305 e. The number of carbonyl (C=O) groups is 1. The Morgan fingerprint density at radius 3 is 2.33 bits per heavy atom. The molecule has 10 heteroatoms. The number of hydrogen-bond donors (Lipinski definition) is 1. The molecular weight excluding hydrogens is 550 g/mol. The molecule has 0 aliphatic heterocycles. The molecule has 152 valence electrons. The molecule has 30 heavy (non-hydrogen) atoms. The van der Waals surface area contributed by atoms with Gasteiger partial charge in [-0.25, -0.2) is 4.98 Å². The van der Waals surface area contributed by atoms with Crippen LogP contribution in [0.25, 0.3) is 22.6 Å². The molecule has 0 aliphatic rings. The van der Waals surface area contributed by atoms with Crippen molar-refractivity contribution in [3.63, 3.8) is 0 Å². The first-order valence-corrected chi connectivity index (χ1v) is 12.2. The number of nitrogens with one attached hydrogen (secondary N) is 1. The number of carbonyl (C=O) groups excluding carboxylic acids is 1. The summed E-state index contributed by atoms with van der Waals surface area (Å²) in [6, 6.07) is 15.8. The van der Waals surface area contributed by atoms with Gasteiger partial charge in [0, 0.05) is 32.5 Å². The molecule has 0 fully saturated rings. The van der Waals surface area contributed by atoms with Gasteiger partial charge in [0.1, 0.15) is 0 Å². The zero-order valence-electron chi connectivity index (χ0n) is 15.7. The van der Waals surface area contributed by atoms with E-state index in [4.69, 9.17) is 0 Å². The summed E-state index contributed by atoms with van der Waals surface area (Å²) in [6.45, 7) is 0. The lowest BCUT2D eigenvalue weighted by Crippen LogP contribution is -2.14. The van der Waals surface area contributed by atoms with E-state index >= 15 is 0 Å². The van der Waals surface area contributed by atoms with Gasteiger partial charge < -0.3 is 9.88 Å². The number of anilines is 1. The van der Waals surface area contributed by atoms with Crippen LogP contribution in [0.15, 0.2) is 68.0 Å². The molecule has 2 aromatic heterocycles. The van der Waals surface area contributed by atoms with Gasteiger partial charge in [-0.2, -0.15) is 0 Å². The summed E-state index contributed by atoms with van der Waals surface area (Å²) in [7, 11) is 1.89. The second-order valence-corrected chi connectivity index (χ2v) is 9.89. The number of thiazole rings is 1. The number of nitrogens with zero attached hydrogens (tertiary/aromatic N) is 4. The second kappa shape index (κ2) is 9.42. The van der Waals surface area contributed by atoms with Crippen molar-refractivity contribution in [3.8, 4) is 22.6 Å². The Bertz CT molecular complexity index is 1170. The number of rotatable bonds is 6. The maximum Gasteiger partial charge on any atom is 0.236 e. The minimum Gasteiger partial charge on any atom is -0.305 e. The Hall–Kier alpha value is -2.01. The maximum atomic E-state index is 12.4. The van der Waals surface area contributed by atoms with E-state index in [2.05, 4.69) is 52.4 Å². The zero-order chi connectivity index (χ0) is 21.1. The molecule has 1 N–H and O–H groups in total. The summed E-state index contributed by atoms with van der Waals surface area (Å²) in [5.74, 6) is 0.842. The van der Waals surface area contributed by atoms with Crippen LogP contribution in [0.4, 0.5) is 5.13 Å². The Morgan fingerprint density at radius 1 is 1.03 bits per heavy atom. The van der Waals surface area contributed by atoms with E-state index in [1.807, 2.05) is 65.5 Å². The van der Waals surface area contributed by atoms with Gasteiger partial charge in [-0.05, 0) is 24.3 Å².